The SMILES string of the molecule is C=Nc1ncc(-c2ccccc2)c(C)c1NCC1CCN(C#N)C1. The van der Waals surface area contributed by atoms with E-state index in [1.54, 1.807) is 0 Å². The van der Waals surface area contributed by atoms with Gasteiger partial charge in [-0.3, -0.25) is 0 Å². The fraction of sp³-hybridized carbons (Fsp3) is 0.316. The summed E-state index contributed by atoms with van der Waals surface area (Å²) in [6.07, 6.45) is 5.11. The van der Waals surface area contributed by atoms with Crippen molar-refractivity contribution >= 4 is 18.2 Å². The molecule has 1 unspecified atom stereocenters. The van der Waals surface area contributed by atoms with Crippen molar-refractivity contribution in [2.75, 3.05) is 25.0 Å². The Morgan fingerprint density at radius 1 is 1.42 bits per heavy atom. The summed E-state index contributed by atoms with van der Waals surface area (Å²) in [7, 11) is 0. The van der Waals surface area contributed by atoms with Crippen LogP contribution in [0.2, 0.25) is 0 Å². The molecule has 0 spiro atoms. The quantitative estimate of drug-likeness (QED) is 0.675. The molecule has 3 rings (SSSR count). The number of nitrogens with one attached hydrogen (secondary N) is 1. The molecule has 0 bridgehead atoms. The van der Waals surface area contributed by atoms with Crippen LogP contribution in [0.5, 0.6) is 0 Å². The highest BCUT2D eigenvalue weighted by Crippen LogP contribution is 2.34. The molecule has 1 aromatic carbocycles. The molecule has 1 aromatic heterocycles. The normalized spacial score (nSPS) is 16.7. The number of pyridine rings is 1. The first-order chi connectivity index (χ1) is 11.7. The zero-order chi connectivity index (χ0) is 16.9. The highest BCUT2D eigenvalue weighted by Gasteiger charge is 2.22. The first kappa shape index (κ1) is 16.0. The number of rotatable bonds is 5. The molecule has 1 aliphatic rings. The summed E-state index contributed by atoms with van der Waals surface area (Å²) in [4.78, 5) is 10.3. The van der Waals surface area contributed by atoms with Crippen molar-refractivity contribution in [1.29, 1.82) is 5.26 Å². The largest absolute Gasteiger partial charge is 0.381 e. The topological polar surface area (TPSA) is 64.3 Å². The Bertz CT molecular complexity index is 763. The Hall–Kier alpha value is -2.87. The summed E-state index contributed by atoms with van der Waals surface area (Å²) in [5.41, 5.74) is 4.28. The smallest absolute Gasteiger partial charge is 0.179 e. The first-order valence-electron chi connectivity index (χ1n) is 8.13. The molecule has 2 aromatic rings. The molecule has 5 nitrogen and oxygen atoms in total. The third kappa shape index (κ3) is 3.23. The zero-order valence-electron chi connectivity index (χ0n) is 13.9. The van der Waals surface area contributed by atoms with Gasteiger partial charge in [0.2, 0.25) is 0 Å². The van der Waals surface area contributed by atoms with Gasteiger partial charge >= 0.3 is 0 Å². The highest BCUT2D eigenvalue weighted by molar-refractivity contribution is 5.78. The summed E-state index contributed by atoms with van der Waals surface area (Å²) in [5.74, 6) is 1.09. The second kappa shape index (κ2) is 7.14. The Balaban J connectivity index is 1.83. The zero-order valence-corrected chi connectivity index (χ0v) is 13.9. The molecule has 24 heavy (non-hydrogen) atoms. The van der Waals surface area contributed by atoms with E-state index in [1.807, 2.05) is 29.3 Å². The van der Waals surface area contributed by atoms with E-state index >= 15 is 0 Å². The third-order valence-electron chi connectivity index (χ3n) is 4.55. The predicted octanol–water partition coefficient (Wildman–Crippen LogP) is 3.60. The van der Waals surface area contributed by atoms with Gasteiger partial charge in [-0.25, -0.2) is 9.98 Å². The average molecular weight is 319 g/mol. The molecular weight excluding hydrogens is 298 g/mol. The predicted molar refractivity (Wildman–Crippen MR) is 97.4 cm³/mol. The third-order valence-corrected chi connectivity index (χ3v) is 4.55. The number of aromatic nitrogens is 1. The molecule has 1 saturated heterocycles. The average Bonchev–Trinajstić information content (AvgIpc) is 3.09. The molecule has 1 aliphatic heterocycles. The molecule has 0 saturated carbocycles. The summed E-state index contributed by atoms with van der Waals surface area (Å²) in [6.45, 7) is 8.18. The van der Waals surface area contributed by atoms with E-state index in [-0.39, 0.29) is 0 Å². The van der Waals surface area contributed by atoms with Crippen LogP contribution in [0.15, 0.2) is 41.5 Å². The van der Waals surface area contributed by atoms with Crippen LogP contribution in [0.1, 0.15) is 12.0 Å². The maximum atomic E-state index is 8.98. The fourth-order valence-corrected chi connectivity index (χ4v) is 3.17. The van der Waals surface area contributed by atoms with Crippen LogP contribution in [0.25, 0.3) is 11.1 Å². The van der Waals surface area contributed by atoms with Crippen molar-refractivity contribution in [3.05, 3.63) is 42.1 Å². The van der Waals surface area contributed by atoms with Gasteiger partial charge in [0.05, 0.1) is 5.69 Å². The molecule has 2 heterocycles. The summed E-state index contributed by atoms with van der Waals surface area (Å²) < 4.78 is 0. The first-order valence-corrected chi connectivity index (χ1v) is 8.13. The number of benzene rings is 1. The summed E-state index contributed by atoms with van der Waals surface area (Å²) in [6, 6.07) is 10.2. The van der Waals surface area contributed by atoms with Gasteiger partial charge in [0, 0.05) is 31.4 Å². The van der Waals surface area contributed by atoms with Crippen LogP contribution in [0.4, 0.5) is 11.5 Å². The van der Waals surface area contributed by atoms with Crippen molar-refractivity contribution in [3.63, 3.8) is 0 Å². The van der Waals surface area contributed by atoms with Crippen molar-refractivity contribution < 1.29 is 0 Å². The van der Waals surface area contributed by atoms with Crippen LogP contribution in [0, 0.1) is 24.3 Å². The van der Waals surface area contributed by atoms with Gasteiger partial charge in [0.15, 0.2) is 12.0 Å². The Kier molecular flexibility index (Phi) is 4.76. The van der Waals surface area contributed by atoms with E-state index in [0.717, 1.165) is 48.4 Å². The van der Waals surface area contributed by atoms with Crippen LogP contribution in [0.3, 0.4) is 0 Å². The van der Waals surface area contributed by atoms with Gasteiger partial charge in [-0.2, -0.15) is 5.26 Å². The van der Waals surface area contributed by atoms with Gasteiger partial charge in [-0.05, 0) is 37.1 Å². The molecule has 1 fully saturated rings. The lowest BCUT2D eigenvalue weighted by Gasteiger charge is -2.17. The second-order valence-electron chi connectivity index (χ2n) is 6.10. The number of hydrogen-bond donors (Lipinski definition) is 1. The molecule has 0 aliphatic carbocycles. The number of nitriles is 1. The minimum atomic E-state index is 0.460. The van der Waals surface area contributed by atoms with Crippen LogP contribution < -0.4 is 5.32 Å². The maximum absolute atomic E-state index is 8.98. The van der Waals surface area contributed by atoms with Gasteiger partial charge < -0.3 is 10.2 Å². The van der Waals surface area contributed by atoms with E-state index in [2.05, 4.69) is 47.3 Å². The minimum Gasteiger partial charge on any atom is -0.381 e. The van der Waals surface area contributed by atoms with Crippen molar-refractivity contribution in [3.8, 4) is 17.3 Å². The lowest BCUT2D eigenvalue weighted by molar-refractivity contribution is 0.461. The van der Waals surface area contributed by atoms with Gasteiger partial charge in [-0.1, -0.05) is 30.3 Å². The lowest BCUT2D eigenvalue weighted by atomic mass is 10.0. The molecule has 122 valence electrons. The minimum absolute atomic E-state index is 0.460. The standard InChI is InChI=1S/C19H21N5/c1-14-17(16-6-4-3-5-7-16)11-23-19(21-2)18(14)22-10-15-8-9-24(12-15)13-20/h3-7,11,15,22H,2,8-10,12H2,1H3. The molecule has 5 heteroatoms. The Labute approximate surface area is 142 Å². The summed E-state index contributed by atoms with van der Waals surface area (Å²) in [5, 5.41) is 12.5. The van der Waals surface area contributed by atoms with Gasteiger partial charge in [0.1, 0.15) is 0 Å². The number of nitrogens with zero attached hydrogens (tertiary/aromatic N) is 4. The molecule has 1 atom stereocenters. The lowest BCUT2D eigenvalue weighted by Crippen LogP contribution is -2.19. The van der Waals surface area contributed by atoms with Gasteiger partial charge in [0.25, 0.3) is 0 Å². The molecule has 0 amide bonds. The van der Waals surface area contributed by atoms with E-state index in [9.17, 15) is 0 Å². The number of hydrogen-bond acceptors (Lipinski definition) is 5. The molecular formula is C19H21N5. The van der Waals surface area contributed by atoms with E-state index in [4.69, 9.17) is 5.26 Å². The molecule has 1 N–H and O–H groups in total. The van der Waals surface area contributed by atoms with Crippen molar-refractivity contribution in [2.45, 2.75) is 13.3 Å². The van der Waals surface area contributed by atoms with E-state index < -0.39 is 0 Å². The van der Waals surface area contributed by atoms with Crippen LogP contribution in [-0.2, 0) is 0 Å². The van der Waals surface area contributed by atoms with Crippen LogP contribution in [-0.4, -0.2) is 36.2 Å². The highest BCUT2D eigenvalue weighted by atomic mass is 15.1. The van der Waals surface area contributed by atoms with E-state index in [1.165, 1.54) is 0 Å². The number of anilines is 1. The molecule has 0 radical (unpaired) electrons. The van der Waals surface area contributed by atoms with Crippen molar-refractivity contribution in [2.24, 2.45) is 10.9 Å². The fourth-order valence-electron chi connectivity index (χ4n) is 3.17. The Morgan fingerprint density at radius 3 is 2.88 bits per heavy atom. The summed E-state index contributed by atoms with van der Waals surface area (Å²) >= 11 is 0. The number of aliphatic imine (C=N–C) groups is 1. The number of likely N-dealkylation sites (tertiary alicyclic amines) is 1. The van der Waals surface area contributed by atoms with Crippen LogP contribution >= 0.6 is 0 Å². The monoisotopic (exact) mass is 319 g/mol. The maximum Gasteiger partial charge on any atom is 0.179 e. The van der Waals surface area contributed by atoms with Gasteiger partial charge in [-0.15, -0.1) is 0 Å². The van der Waals surface area contributed by atoms with E-state index in [0.29, 0.717) is 11.7 Å². The second-order valence-corrected chi connectivity index (χ2v) is 6.10. The van der Waals surface area contributed by atoms with Crippen molar-refractivity contribution in [1.82, 2.24) is 9.88 Å². The Morgan fingerprint density at radius 2 is 2.21 bits per heavy atom.